The highest BCUT2D eigenvalue weighted by molar-refractivity contribution is 5.76. The Hall–Kier alpha value is -0.370. The number of ether oxygens (including phenoxy) is 1. The summed E-state index contributed by atoms with van der Waals surface area (Å²) in [6.45, 7) is 4.09. The third kappa shape index (κ3) is 2.94. The van der Waals surface area contributed by atoms with Crippen LogP contribution in [0.25, 0.3) is 0 Å². The summed E-state index contributed by atoms with van der Waals surface area (Å²) < 4.78 is 5.51. The van der Waals surface area contributed by atoms with Gasteiger partial charge in [-0.2, -0.15) is 0 Å². The number of Topliss-reactive ketones (excluding diaryl/α,β-unsaturated/α-hetero) is 1. The standard InChI is InChI=1S/C10H18O2/c1-8-5-3-4-6-10(8)12-7-9(2)11/h8,10H,3-7H2,1-2H3. The molecule has 2 unspecified atom stereocenters. The summed E-state index contributed by atoms with van der Waals surface area (Å²) in [5, 5.41) is 0. The molecule has 0 saturated heterocycles. The van der Waals surface area contributed by atoms with E-state index >= 15 is 0 Å². The van der Waals surface area contributed by atoms with Gasteiger partial charge in [-0.3, -0.25) is 4.79 Å². The second kappa shape index (κ2) is 4.61. The van der Waals surface area contributed by atoms with Gasteiger partial charge in [0.15, 0.2) is 5.78 Å². The zero-order valence-electron chi connectivity index (χ0n) is 8.01. The van der Waals surface area contributed by atoms with Crippen molar-refractivity contribution in [2.24, 2.45) is 5.92 Å². The van der Waals surface area contributed by atoms with Gasteiger partial charge in [-0.25, -0.2) is 0 Å². The molecule has 0 bridgehead atoms. The second-order valence-electron chi connectivity index (χ2n) is 3.81. The number of rotatable bonds is 3. The molecule has 0 N–H and O–H groups in total. The van der Waals surface area contributed by atoms with Crippen molar-refractivity contribution in [3.05, 3.63) is 0 Å². The van der Waals surface area contributed by atoms with E-state index < -0.39 is 0 Å². The molecule has 12 heavy (non-hydrogen) atoms. The fourth-order valence-electron chi connectivity index (χ4n) is 1.75. The van der Waals surface area contributed by atoms with Gasteiger partial charge in [0.1, 0.15) is 6.61 Å². The number of carbonyl (C=O) groups excluding carboxylic acids is 1. The summed E-state index contributed by atoms with van der Waals surface area (Å²) in [5.74, 6) is 0.769. The molecule has 2 heteroatoms. The van der Waals surface area contributed by atoms with Crippen LogP contribution in [0.4, 0.5) is 0 Å². The van der Waals surface area contributed by atoms with Crippen molar-refractivity contribution in [1.82, 2.24) is 0 Å². The van der Waals surface area contributed by atoms with Crippen LogP contribution in [0.3, 0.4) is 0 Å². The summed E-state index contributed by atoms with van der Waals surface area (Å²) in [5.41, 5.74) is 0. The van der Waals surface area contributed by atoms with Crippen LogP contribution in [0.1, 0.15) is 39.5 Å². The Morgan fingerprint density at radius 2 is 2.08 bits per heavy atom. The minimum absolute atomic E-state index is 0.132. The highest BCUT2D eigenvalue weighted by atomic mass is 16.5. The van der Waals surface area contributed by atoms with Crippen molar-refractivity contribution in [1.29, 1.82) is 0 Å². The van der Waals surface area contributed by atoms with Crippen LogP contribution >= 0.6 is 0 Å². The number of hydrogen-bond acceptors (Lipinski definition) is 2. The summed E-state index contributed by atoms with van der Waals surface area (Å²) in [6.07, 6.45) is 5.30. The van der Waals surface area contributed by atoms with Crippen molar-refractivity contribution in [2.75, 3.05) is 6.61 Å². The van der Waals surface area contributed by atoms with Crippen molar-refractivity contribution >= 4 is 5.78 Å². The second-order valence-corrected chi connectivity index (χ2v) is 3.81. The molecule has 0 amide bonds. The van der Waals surface area contributed by atoms with E-state index in [1.54, 1.807) is 6.92 Å². The zero-order chi connectivity index (χ0) is 8.97. The molecule has 1 saturated carbocycles. The average Bonchev–Trinajstić information content (AvgIpc) is 2.03. The topological polar surface area (TPSA) is 26.3 Å². The molecule has 2 atom stereocenters. The number of hydrogen-bond donors (Lipinski definition) is 0. The third-order valence-electron chi connectivity index (χ3n) is 2.53. The lowest BCUT2D eigenvalue weighted by Crippen LogP contribution is -2.27. The van der Waals surface area contributed by atoms with Crippen LogP contribution in [0.2, 0.25) is 0 Å². The molecule has 1 rings (SSSR count). The van der Waals surface area contributed by atoms with Gasteiger partial charge in [-0.15, -0.1) is 0 Å². The Morgan fingerprint density at radius 1 is 1.42 bits per heavy atom. The lowest BCUT2D eigenvalue weighted by Gasteiger charge is -2.28. The van der Waals surface area contributed by atoms with Crippen molar-refractivity contribution in [3.63, 3.8) is 0 Å². The van der Waals surface area contributed by atoms with Gasteiger partial charge < -0.3 is 4.74 Å². The van der Waals surface area contributed by atoms with Gasteiger partial charge in [-0.1, -0.05) is 19.8 Å². The molecule has 1 aliphatic rings. The fraction of sp³-hybridized carbons (Fsp3) is 0.900. The summed E-state index contributed by atoms with van der Waals surface area (Å²) >= 11 is 0. The van der Waals surface area contributed by atoms with E-state index in [1.807, 2.05) is 0 Å². The predicted molar refractivity (Wildman–Crippen MR) is 48.1 cm³/mol. The predicted octanol–water partition coefficient (Wildman–Crippen LogP) is 2.17. The maximum Gasteiger partial charge on any atom is 0.155 e. The molecule has 0 aliphatic heterocycles. The van der Waals surface area contributed by atoms with Crippen LogP contribution < -0.4 is 0 Å². The SMILES string of the molecule is CC(=O)COC1CCCCC1C. The van der Waals surface area contributed by atoms with Gasteiger partial charge >= 0.3 is 0 Å². The van der Waals surface area contributed by atoms with E-state index in [4.69, 9.17) is 4.74 Å². The first-order valence-electron chi connectivity index (χ1n) is 4.81. The Bertz CT molecular complexity index is 154. The normalized spacial score (nSPS) is 30.2. The maximum absolute atomic E-state index is 10.7. The van der Waals surface area contributed by atoms with Gasteiger partial charge in [0.05, 0.1) is 6.10 Å². The smallest absolute Gasteiger partial charge is 0.155 e. The molecular formula is C10H18O2. The van der Waals surface area contributed by atoms with Crippen LogP contribution in [0.5, 0.6) is 0 Å². The van der Waals surface area contributed by atoms with Crippen LogP contribution in [-0.2, 0) is 9.53 Å². The molecule has 0 aromatic carbocycles. The lowest BCUT2D eigenvalue weighted by molar-refractivity contribution is -0.125. The van der Waals surface area contributed by atoms with Crippen molar-refractivity contribution in [2.45, 2.75) is 45.6 Å². The van der Waals surface area contributed by atoms with Gasteiger partial charge in [-0.05, 0) is 25.7 Å². The van der Waals surface area contributed by atoms with E-state index in [0.717, 1.165) is 6.42 Å². The average molecular weight is 170 g/mol. The first kappa shape index (κ1) is 9.72. The number of carbonyl (C=O) groups is 1. The third-order valence-corrected chi connectivity index (χ3v) is 2.53. The molecule has 70 valence electrons. The van der Waals surface area contributed by atoms with Crippen LogP contribution in [0.15, 0.2) is 0 Å². The highest BCUT2D eigenvalue weighted by Crippen LogP contribution is 2.25. The molecule has 0 aromatic heterocycles. The van der Waals surface area contributed by atoms with Gasteiger partial charge in [0.2, 0.25) is 0 Å². The van der Waals surface area contributed by atoms with E-state index in [9.17, 15) is 4.79 Å². The Balaban J connectivity index is 2.24. The molecule has 0 radical (unpaired) electrons. The first-order valence-corrected chi connectivity index (χ1v) is 4.81. The minimum atomic E-state index is 0.132. The molecule has 0 aromatic rings. The maximum atomic E-state index is 10.7. The first-order chi connectivity index (χ1) is 5.70. The lowest BCUT2D eigenvalue weighted by atomic mass is 9.88. The van der Waals surface area contributed by atoms with Crippen LogP contribution in [0, 0.1) is 5.92 Å². The molecular weight excluding hydrogens is 152 g/mol. The molecule has 1 fully saturated rings. The summed E-state index contributed by atoms with van der Waals surface area (Å²) in [4.78, 5) is 10.7. The minimum Gasteiger partial charge on any atom is -0.370 e. The fourth-order valence-corrected chi connectivity index (χ4v) is 1.75. The molecule has 2 nitrogen and oxygen atoms in total. The molecule has 0 spiro atoms. The Morgan fingerprint density at radius 3 is 2.67 bits per heavy atom. The van der Waals surface area contributed by atoms with Crippen molar-refractivity contribution in [3.8, 4) is 0 Å². The zero-order valence-corrected chi connectivity index (χ0v) is 8.01. The quantitative estimate of drug-likeness (QED) is 0.649. The largest absolute Gasteiger partial charge is 0.370 e. The van der Waals surface area contributed by atoms with E-state index in [1.165, 1.54) is 19.3 Å². The van der Waals surface area contributed by atoms with E-state index in [0.29, 0.717) is 18.6 Å². The van der Waals surface area contributed by atoms with E-state index in [-0.39, 0.29) is 5.78 Å². The van der Waals surface area contributed by atoms with Crippen molar-refractivity contribution < 1.29 is 9.53 Å². The summed E-state index contributed by atoms with van der Waals surface area (Å²) in [7, 11) is 0. The molecule has 1 aliphatic carbocycles. The van der Waals surface area contributed by atoms with Gasteiger partial charge in [0.25, 0.3) is 0 Å². The highest BCUT2D eigenvalue weighted by Gasteiger charge is 2.21. The van der Waals surface area contributed by atoms with Gasteiger partial charge in [0, 0.05) is 0 Å². The Kier molecular flexibility index (Phi) is 3.73. The van der Waals surface area contributed by atoms with E-state index in [2.05, 4.69) is 6.92 Å². The Labute approximate surface area is 74.3 Å². The van der Waals surface area contributed by atoms with Crippen LogP contribution in [-0.4, -0.2) is 18.5 Å². The molecule has 0 heterocycles. The summed E-state index contributed by atoms with van der Waals surface area (Å²) in [6, 6.07) is 0. The number of ketones is 1. The monoisotopic (exact) mass is 170 g/mol.